The Hall–Kier alpha value is -1.22. The van der Waals surface area contributed by atoms with Crippen molar-refractivity contribution in [2.75, 3.05) is 13.0 Å². The molecule has 0 saturated carbocycles. The monoisotopic (exact) mass is 294 g/mol. The van der Waals surface area contributed by atoms with Crippen molar-refractivity contribution in [2.45, 2.75) is 40.2 Å². The van der Waals surface area contributed by atoms with Gasteiger partial charge in [0.2, 0.25) is 0 Å². The molecule has 1 aromatic heterocycles. The molecule has 1 atom stereocenters. The number of halogens is 1. The summed E-state index contributed by atoms with van der Waals surface area (Å²) in [7, 11) is 1.69. The molecule has 0 radical (unpaired) electrons. The highest BCUT2D eigenvalue weighted by molar-refractivity contribution is 6.17. The molecule has 0 spiro atoms. The number of ether oxygens (including phenoxy) is 1. The molecule has 3 nitrogen and oxygen atoms in total. The molecule has 0 aliphatic carbocycles. The first-order valence-electron chi connectivity index (χ1n) is 6.99. The van der Waals surface area contributed by atoms with Crippen LogP contribution in [-0.2, 0) is 6.42 Å². The molecule has 2 rings (SSSR count). The summed E-state index contributed by atoms with van der Waals surface area (Å²) in [4.78, 5) is 4.74. The summed E-state index contributed by atoms with van der Waals surface area (Å²) in [5.74, 6) is 2.49. The first kappa shape index (κ1) is 15.2. The molecule has 20 heavy (non-hydrogen) atoms. The van der Waals surface area contributed by atoms with Gasteiger partial charge in [0.05, 0.1) is 18.1 Å². The van der Waals surface area contributed by atoms with E-state index in [0.29, 0.717) is 11.9 Å². The summed E-state index contributed by atoms with van der Waals surface area (Å²) in [5.41, 5.74) is 2.27. The molecule has 2 aromatic rings. The van der Waals surface area contributed by atoms with E-state index >= 15 is 0 Å². The lowest BCUT2D eigenvalue weighted by Crippen LogP contribution is -2.23. The van der Waals surface area contributed by atoms with Gasteiger partial charge in [0.25, 0.3) is 0 Å². The Bertz CT molecular complexity index is 598. The average molecular weight is 295 g/mol. The van der Waals surface area contributed by atoms with Gasteiger partial charge in [0, 0.05) is 24.4 Å². The van der Waals surface area contributed by atoms with Gasteiger partial charge in [-0.3, -0.25) is 0 Å². The number of hydrogen-bond acceptors (Lipinski definition) is 2. The Kier molecular flexibility index (Phi) is 4.28. The van der Waals surface area contributed by atoms with Crippen LogP contribution in [0.2, 0.25) is 0 Å². The lowest BCUT2D eigenvalue weighted by atomic mass is 9.87. The lowest BCUT2D eigenvalue weighted by molar-refractivity contribution is 0.263. The van der Waals surface area contributed by atoms with Crippen LogP contribution in [-0.4, -0.2) is 22.5 Å². The minimum atomic E-state index is 0.151. The van der Waals surface area contributed by atoms with Crippen LogP contribution in [0.5, 0.6) is 5.75 Å². The highest BCUT2D eigenvalue weighted by atomic mass is 35.5. The number of alkyl halides is 1. The van der Waals surface area contributed by atoms with E-state index in [9.17, 15) is 0 Å². The Balaban J connectivity index is 2.66. The third-order valence-electron chi connectivity index (χ3n) is 3.93. The van der Waals surface area contributed by atoms with Crippen LogP contribution in [0.15, 0.2) is 18.2 Å². The molecule has 1 heterocycles. The number of rotatable bonds is 4. The maximum absolute atomic E-state index is 5.94. The van der Waals surface area contributed by atoms with Crippen molar-refractivity contribution in [1.29, 1.82) is 0 Å². The molecular weight excluding hydrogens is 272 g/mol. The maximum atomic E-state index is 5.94. The van der Waals surface area contributed by atoms with Crippen molar-refractivity contribution in [1.82, 2.24) is 9.55 Å². The van der Waals surface area contributed by atoms with Crippen molar-refractivity contribution in [3.8, 4) is 5.75 Å². The van der Waals surface area contributed by atoms with E-state index in [4.69, 9.17) is 21.3 Å². The van der Waals surface area contributed by atoms with Crippen LogP contribution in [0.25, 0.3) is 11.0 Å². The van der Waals surface area contributed by atoms with Crippen LogP contribution in [0.1, 0.15) is 39.6 Å². The van der Waals surface area contributed by atoms with Gasteiger partial charge in [-0.25, -0.2) is 4.98 Å². The van der Waals surface area contributed by atoms with E-state index in [0.717, 1.165) is 29.0 Å². The van der Waals surface area contributed by atoms with E-state index in [1.165, 1.54) is 0 Å². The number of fused-ring (bicyclic) bond motifs is 1. The van der Waals surface area contributed by atoms with Crippen molar-refractivity contribution in [3.63, 3.8) is 0 Å². The fraction of sp³-hybridized carbons (Fsp3) is 0.562. The number of nitrogens with zero attached hydrogens (tertiary/aromatic N) is 2. The van der Waals surface area contributed by atoms with Gasteiger partial charge in [-0.1, -0.05) is 20.8 Å². The van der Waals surface area contributed by atoms with E-state index in [-0.39, 0.29) is 5.41 Å². The summed E-state index contributed by atoms with van der Waals surface area (Å²) in [6.45, 7) is 8.97. The van der Waals surface area contributed by atoms with Gasteiger partial charge >= 0.3 is 0 Å². The lowest BCUT2D eigenvalue weighted by Gasteiger charge is -2.30. The normalized spacial score (nSPS) is 13.7. The van der Waals surface area contributed by atoms with Crippen molar-refractivity contribution in [3.05, 3.63) is 24.0 Å². The van der Waals surface area contributed by atoms with Crippen molar-refractivity contribution in [2.24, 2.45) is 5.41 Å². The fourth-order valence-corrected chi connectivity index (χ4v) is 2.50. The van der Waals surface area contributed by atoms with Gasteiger partial charge in [0.1, 0.15) is 11.6 Å². The van der Waals surface area contributed by atoms with Crippen LogP contribution in [0.4, 0.5) is 0 Å². The molecule has 0 N–H and O–H groups in total. The van der Waals surface area contributed by atoms with E-state index < -0.39 is 0 Å². The minimum absolute atomic E-state index is 0.151. The molecule has 1 aromatic carbocycles. The third-order valence-corrected chi connectivity index (χ3v) is 4.12. The molecular formula is C16H23ClN2O. The Labute approximate surface area is 125 Å². The number of imidazole rings is 1. The van der Waals surface area contributed by atoms with E-state index in [2.05, 4.69) is 38.3 Å². The second-order valence-corrected chi connectivity index (χ2v) is 6.61. The highest BCUT2D eigenvalue weighted by Gasteiger charge is 2.25. The zero-order valence-corrected chi connectivity index (χ0v) is 13.7. The third kappa shape index (κ3) is 2.78. The van der Waals surface area contributed by atoms with E-state index in [1.807, 2.05) is 12.1 Å². The first-order valence-corrected chi connectivity index (χ1v) is 7.52. The van der Waals surface area contributed by atoms with Crippen LogP contribution < -0.4 is 4.74 Å². The van der Waals surface area contributed by atoms with Crippen LogP contribution in [0.3, 0.4) is 0 Å². The van der Waals surface area contributed by atoms with Gasteiger partial charge in [0.15, 0.2) is 0 Å². The molecule has 110 valence electrons. The Morgan fingerprint density at radius 2 is 2.05 bits per heavy atom. The van der Waals surface area contributed by atoms with Crippen molar-refractivity contribution < 1.29 is 4.74 Å². The molecule has 4 heteroatoms. The average Bonchev–Trinajstić information content (AvgIpc) is 2.74. The summed E-state index contributed by atoms with van der Waals surface area (Å²) < 4.78 is 7.65. The quantitative estimate of drug-likeness (QED) is 0.780. The van der Waals surface area contributed by atoms with Crippen LogP contribution >= 0.6 is 11.6 Å². The second kappa shape index (κ2) is 5.65. The Morgan fingerprint density at radius 1 is 1.35 bits per heavy atom. The Morgan fingerprint density at radius 3 is 2.60 bits per heavy atom. The smallest absolute Gasteiger partial charge is 0.121 e. The molecule has 0 aliphatic heterocycles. The maximum Gasteiger partial charge on any atom is 0.121 e. The molecule has 0 fully saturated rings. The summed E-state index contributed by atoms with van der Waals surface area (Å²) >= 11 is 5.94. The highest BCUT2D eigenvalue weighted by Crippen LogP contribution is 2.35. The number of methoxy groups -OCH3 is 1. The number of hydrogen-bond donors (Lipinski definition) is 0. The molecule has 0 amide bonds. The predicted octanol–water partition coefficient (Wildman–Crippen LogP) is 4.43. The summed E-state index contributed by atoms with van der Waals surface area (Å²) in [6, 6.07) is 6.35. The zero-order chi connectivity index (χ0) is 14.9. The first-order chi connectivity index (χ1) is 9.38. The predicted molar refractivity (Wildman–Crippen MR) is 84.9 cm³/mol. The minimum Gasteiger partial charge on any atom is -0.497 e. The zero-order valence-electron chi connectivity index (χ0n) is 12.9. The summed E-state index contributed by atoms with van der Waals surface area (Å²) in [6.07, 6.45) is 0.777. The molecule has 1 unspecified atom stereocenters. The summed E-state index contributed by atoms with van der Waals surface area (Å²) in [5, 5.41) is 0. The van der Waals surface area contributed by atoms with Gasteiger partial charge in [-0.2, -0.15) is 0 Å². The van der Waals surface area contributed by atoms with Gasteiger partial charge < -0.3 is 9.30 Å². The second-order valence-electron chi connectivity index (χ2n) is 6.23. The van der Waals surface area contributed by atoms with Gasteiger partial charge in [-0.15, -0.1) is 11.6 Å². The van der Waals surface area contributed by atoms with Crippen molar-refractivity contribution >= 4 is 22.6 Å². The largest absolute Gasteiger partial charge is 0.497 e. The van der Waals surface area contributed by atoms with Gasteiger partial charge in [-0.05, 0) is 24.5 Å². The number of benzene rings is 1. The molecule has 0 saturated heterocycles. The topological polar surface area (TPSA) is 27.1 Å². The standard InChI is InChI=1S/C16H23ClN2O/c1-11(16(2,3)4)19-14-10-12(20-5)6-7-13(14)18-15(19)8-9-17/h6-7,10-11H,8-9H2,1-5H3. The van der Waals surface area contributed by atoms with E-state index in [1.54, 1.807) is 7.11 Å². The number of aryl methyl sites for hydroxylation is 1. The molecule has 0 aliphatic rings. The SMILES string of the molecule is COc1ccc2nc(CCCl)n(C(C)C(C)(C)C)c2c1. The fourth-order valence-electron chi connectivity index (χ4n) is 2.33. The van der Waals surface area contributed by atoms with Crippen LogP contribution in [0, 0.1) is 5.41 Å². The molecule has 0 bridgehead atoms. The number of aromatic nitrogens is 2.